The van der Waals surface area contributed by atoms with E-state index in [1.54, 1.807) is 4.90 Å². The highest BCUT2D eigenvalue weighted by atomic mass is 16.5. The molecular weight excluding hydrogens is 314 g/mol. The third kappa shape index (κ3) is 2.91. The van der Waals surface area contributed by atoms with E-state index in [1.165, 1.54) is 0 Å². The third-order valence-electron chi connectivity index (χ3n) is 4.87. The van der Waals surface area contributed by atoms with E-state index in [4.69, 9.17) is 10.00 Å². The van der Waals surface area contributed by atoms with E-state index in [0.29, 0.717) is 26.2 Å². The normalized spacial score (nSPS) is 19.1. The average molecular weight is 333 g/mol. The lowest BCUT2D eigenvalue weighted by Crippen LogP contribution is -2.42. The Morgan fingerprint density at radius 3 is 2.72 bits per heavy atom. The van der Waals surface area contributed by atoms with Crippen LogP contribution in [0.4, 0.5) is 5.69 Å². The van der Waals surface area contributed by atoms with Gasteiger partial charge in [-0.15, -0.1) is 0 Å². The summed E-state index contributed by atoms with van der Waals surface area (Å²) < 4.78 is 5.74. The maximum absolute atomic E-state index is 13.0. The van der Waals surface area contributed by atoms with E-state index in [1.807, 2.05) is 41.3 Å². The van der Waals surface area contributed by atoms with Crippen LogP contribution in [-0.2, 0) is 4.79 Å². The molecule has 0 aromatic heterocycles. The van der Waals surface area contributed by atoms with Gasteiger partial charge in [0.05, 0.1) is 18.2 Å². The first kappa shape index (κ1) is 15.5. The first-order chi connectivity index (χ1) is 12.3. The van der Waals surface area contributed by atoms with Crippen molar-refractivity contribution in [3.8, 4) is 23.1 Å². The van der Waals surface area contributed by atoms with Crippen LogP contribution in [0.15, 0.2) is 48.5 Å². The summed E-state index contributed by atoms with van der Waals surface area (Å²) in [6.07, 6.45) is 2.87. The van der Waals surface area contributed by atoms with Crippen molar-refractivity contribution in [1.82, 2.24) is 4.90 Å². The summed E-state index contributed by atoms with van der Waals surface area (Å²) >= 11 is 0. The molecule has 5 nitrogen and oxygen atoms in total. The number of ether oxygens (including phenoxy) is 1. The molecule has 126 valence electrons. The van der Waals surface area contributed by atoms with Gasteiger partial charge in [-0.25, -0.2) is 0 Å². The quantitative estimate of drug-likeness (QED) is 0.793. The lowest BCUT2D eigenvalue weighted by atomic mass is 10.0. The van der Waals surface area contributed by atoms with Crippen LogP contribution in [-0.4, -0.2) is 37.0 Å². The third-order valence-corrected chi connectivity index (χ3v) is 4.87. The van der Waals surface area contributed by atoms with E-state index in [2.05, 4.69) is 18.3 Å². The van der Waals surface area contributed by atoms with E-state index in [-0.39, 0.29) is 11.8 Å². The highest BCUT2D eigenvalue weighted by Gasteiger charge is 2.34. The van der Waals surface area contributed by atoms with E-state index in [0.717, 1.165) is 29.0 Å². The predicted molar refractivity (Wildman–Crippen MR) is 95.0 cm³/mol. The van der Waals surface area contributed by atoms with Crippen LogP contribution in [0.5, 0.6) is 5.75 Å². The van der Waals surface area contributed by atoms with Crippen LogP contribution < -0.4 is 9.64 Å². The van der Waals surface area contributed by atoms with Crippen LogP contribution >= 0.6 is 0 Å². The Bertz CT molecular complexity index is 829. The summed E-state index contributed by atoms with van der Waals surface area (Å²) in [4.78, 5) is 16.5. The molecule has 2 heterocycles. The van der Waals surface area contributed by atoms with Crippen LogP contribution in [0.3, 0.4) is 0 Å². The number of carbonyl (C=O) groups is 1. The fourth-order valence-electron chi connectivity index (χ4n) is 3.53. The second-order valence-corrected chi connectivity index (χ2v) is 6.42. The first-order valence-corrected chi connectivity index (χ1v) is 8.54. The Hall–Kier alpha value is -3.00. The second kappa shape index (κ2) is 6.48. The van der Waals surface area contributed by atoms with Gasteiger partial charge in [0.15, 0.2) is 6.19 Å². The molecule has 1 amide bonds. The largest absolute Gasteiger partial charge is 0.490 e. The Balaban J connectivity index is 1.65. The Labute approximate surface area is 147 Å². The van der Waals surface area contributed by atoms with E-state index >= 15 is 0 Å². The van der Waals surface area contributed by atoms with Crippen molar-refractivity contribution in [2.45, 2.75) is 6.42 Å². The zero-order chi connectivity index (χ0) is 17.2. The minimum absolute atomic E-state index is 0.0903. The highest BCUT2D eigenvalue weighted by Crippen LogP contribution is 2.37. The van der Waals surface area contributed by atoms with E-state index in [9.17, 15) is 4.79 Å². The minimum atomic E-state index is -0.119. The van der Waals surface area contributed by atoms with Crippen molar-refractivity contribution in [1.29, 1.82) is 5.26 Å². The number of nitriles is 1. The van der Waals surface area contributed by atoms with Crippen molar-refractivity contribution < 1.29 is 9.53 Å². The number of rotatable bonds is 2. The summed E-state index contributed by atoms with van der Waals surface area (Å²) in [5, 5.41) is 9.03. The van der Waals surface area contributed by atoms with Gasteiger partial charge < -0.3 is 14.5 Å². The number of hydrogen-bond donors (Lipinski definition) is 0. The molecule has 0 spiro atoms. The number of carbonyl (C=O) groups excluding carboxylic acids is 1. The maximum atomic E-state index is 13.0. The molecule has 1 atom stereocenters. The molecule has 4 rings (SSSR count). The predicted octanol–water partition coefficient (Wildman–Crippen LogP) is 2.88. The molecule has 0 aliphatic carbocycles. The molecule has 25 heavy (non-hydrogen) atoms. The number of nitrogens with zero attached hydrogens (tertiary/aromatic N) is 3. The van der Waals surface area contributed by atoms with Crippen molar-refractivity contribution in [2.24, 2.45) is 5.92 Å². The molecule has 2 aliphatic rings. The van der Waals surface area contributed by atoms with Crippen molar-refractivity contribution >= 4 is 11.6 Å². The summed E-state index contributed by atoms with van der Waals surface area (Å²) in [7, 11) is 0. The number of amides is 1. The van der Waals surface area contributed by atoms with Crippen molar-refractivity contribution in [3.63, 3.8) is 0 Å². The van der Waals surface area contributed by atoms with Gasteiger partial charge in [0.2, 0.25) is 5.91 Å². The minimum Gasteiger partial charge on any atom is -0.490 e. The summed E-state index contributed by atoms with van der Waals surface area (Å²) in [5.41, 5.74) is 3.00. The summed E-state index contributed by atoms with van der Waals surface area (Å²) in [6.45, 7) is 2.22. The van der Waals surface area contributed by atoms with Crippen molar-refractivity contribution in [3.05, 3.63) is 48.5 Å². The molecule has 0 N–H and O–H groups in total. The fraction of sp³-hybridized carbons (Fsp3) is 0.300. The van der Waals surface area contributed by atoms with Gasteiger partial charge in [-0.2, -0.15) is 5.26 Å². The molecule has 5 heteroatoms. The topological polar surface area (TPSA) is 56.6 Å². The molecule has 2 aliphatic heterocycles. The summed E-state index contributed by atoms with van der Waals surface area (Å²) in [6, 6.07) is 16.1. The molecular formula is C20H19N3O2. The maximum Gasteiger partial charge on any atom is 0.232 e. The van der Waals surface area contributed by atoms with Gasteiger partial charge in [0, 0.05) is 13.1 Å². The van der Waals surface area contributed by atoms with Crippen LogP contribution in [0, 0.1) is 17.4 Å². The fourth-order valence-corrected chi connectivity index (χ4v) is 3.53. The molecule has 0 bridgehead atoms. The number of anilines is 1. The zero-order valence-electron chi connectivity index (χ0n) is 13.9. The van der Waals surface area contributed by atoms with Gasteiger partial charge >= 0.3 is 0 Å². The Morgan fingerprint density at radius 1 is 1.12 bits per heavy atom. The van der Waals surface area contributed by atoms with Crippen molar-refractivity contribution in [2.75, 3.05) is 31.1 Å². The summed E-state index contributed by atoms with van der Waals surface area (Å²) in [5.74, 6) is 0.716. The van der Waals surface area contributed by atoms with Crippen LogP contribution in [0.2, 0.25) is 0 Å². The van der Waals surface area contributed by atoms with Crippen LogP contribution in [0.1, 0.15) is 6.42 Å². The smallest absolute Gasteiger partial charge is 0.232 e. The Kier molecular flexibility index (Phi) is 4.02. The molecule has 0 saturated carbocycles. The number of hydrogen-bond acceptors (Lipinski definition) is 4. The van der Waals surface area contributed by atoms with Gasteiger partial charge in [-0.1, -0.05) is 36.4 Å². The zero-order valence-corrected chi connectivity index (χ0v) is 13.9. The number of likely N-dealkylation sites (tertiary alicyclic amines) is 1. The van der Waals surface area contributed by atoms with Crippen LogP contribution in [0.25, 0.3) is 11.1 Å². The second-order valence-electron chi connectivity index (χ2n) is 6.42. The van der Waals surface area contributed by atoms with Gasteiger partial charge in [0.25, 0.3) is 0 Å². The van der Waals surface area contributed by atoms with E-state index < -0.39 is 0 Å². The Morgan fingerprint density at radius 2 is 1.96 bits per heavy atom. The van der Waals surface area contributed by atoms with Gasteiger partial charge in [-0.05, 0) is 29.7 Å². The number of benzene rings is 2. The molecule has 0 radical (unpaired) electrons. The standard InChI is InChI=1S/C20H19N3O2/c21-14-22-9-8-17(13-22)20(24)23-10-11-25-19-7-6-16(12-18(19)23)15-4-2-1-3-5-15/h1-7,12,17H,8-11,13H2/t17-/m1/s1. The molecule has 0 unspecified atom stereocenters. The molecule has 1 fully saturated rings. The molecule has 1 saturated heterocycles. The SMILES string of the molecule is N#CN1CC[C@@H](C(=O)N2CCOc3ccc(-c4ccccc4)cc32)C1. The van der Waals surface area contributed by atoms with Gasteiger partial charge in [-0.3, -0.25) is 4.79 Å². The van der Waals surface area contributed by atoms with Gasteiger partial charge in [0.1, 0.15) is 12.4 Å². The highest BCUT2D eigenvalue weighted by molar-refractivity contribution is 5.98. The molecule has 2 aromatic rings. The number of fused-ring (bicyclic) bond motifs is 1. The molecule has 2 aromatic carbocycles. The lowest BCUT2D eigenvalue weighted by Gasteiger charge is -2.31. The average Bonchev–Trinajstić information content (AvgIpc) is 3.16. The lowest BCUT2D eigenvalue weighted by molar-refractivity contribution is -0.122. The first-order valence-electron chi connectivity index (χ1n) is 8.54. The monoisotopic (exact) mass is 333 g/mol.